The number of carbonyl (C=O) groups excluding carboxylic acids is 2. The fourth-order valence-electron chi connectivity index (χ4n) is 3.39. The van der Waals surface area contributed by atoms with E-state index in [0.29, 0.717) is 11.4 Å². The van der Waals surface area contributed by atoms with Crippen molar-refractivity contribution in [1.29, 1.82) is 0 Å². The van der Waals surface area contributed by atoms with E-state index in [4.69, 9.17) is 9.15 Å². The highest BCUT2D eigenvalue weighted by atomic mass is 16.5. The summed E-state index contributed by atoms with van der Waals surface area (Å²) in [5.74, 6) is -0.479. The van der Waals surface area contributed by atoms with E-state index in [1.807, 2.05) is 30.3 Å². The highest BCUT2D eigenvalue weighted by molar-refractivity contribution is 6.09. The lowest BCUT2D eigenvalue weighted by atomic mass is 10.1. The van der Waals surface area contributed by atoms with E-state index < -0.39 is 11.9 Å². The van der Waals surface area contributed by atoms with Crippen LogP contribution < -0.4 is 5.32 Å². The molecule has 0 aliphatic heterocycles. The molecule has 2 aromatic carbocycles. The van der Waals surface area contributed by atoms with Crippen LogP contribution in [0, 0.1) is 0 Å². The number of para-hydroxylation sites is 1. The number of amides is 1. The van der Waals surface area contributed by atoms with Gasteiger partial charge in [-0.05, 0) is 49.4 Å². The van der Waals surface area contributed by atoms with Crippen LogP contribution in [0.2, 0.25) is 0 Å². The van der Waals surface area contributed by atoms with E-state index in [9.17, 15) is 9.59 Å². The van der Waals surface area contributed by atoms with Gasteiger partial charge in [0, 0.05) is 40.1 Å². The molecule has 0 unspecified atom stereocenters. The molecule has 1 amide bonds. The molecular formula is C23H20N2O4. The van der Waals surface area contributed by atoms with Crippen LogP contribution in [0.25, 0.3) is 27.9 Å². The molecule has 0 bridgehead atoms. The lowest BCUT2D eigenvalue weighted by Crippen LogP contribution is -2.20. The fourth-order valence-corrected chi connectivity index (χ4v) is 3.39. The molecule has 6 nitrogen and oxygen atoms in total. The molecule has 4 aromatic rings. The highest BCUT2D eigenvalue weighted by Gasteiger charge is 2.11. The predicted molar refractivity (Wildman–Crippen MR) is 112 cm³/mol. The first-order chi connectivity index (χ1) is 14.2. The Labute approximate surface area is 167 Å². The Morgan fingerprint density at radius 2 is 1.90 bits per heavy atom. The van der Waals surface area contributed by atoms with Crippen molar-refractivity contribution < 1.29 is 18.7 Å². The number of fused-ring (bicyclic) bond motifs is 3. The molecule has 0 saturated heterocycles. The van der Waals surface area contributed by atoms with E-state index in [2.05, 4.69) is 28.9 Å². The zero-order valence-corrected chi connectivity index (χ0v) is 15.9. The normalized spacial score (nSPS) is 11.3. The van der Waals surface area contributed by atoms with Crippen LogP contribution in [0.15, 0.2) is 71.4 Å². The predicted octanol–water partition coefficient (Wildman–Crippen LogP) is 4.60. The maximum atomic E-state index is 12.2. The molecule has 4 rings (SSSR count). The molecule has 146 valence electrons. The van der Waals surface area contributed by atoms with Gasteiger partial charge in [0.1, 0.15) is 5.76 Å². The molecule has 0 saturated carbocycles. The van der Waals surface area contributed by atoms with Gasteiger partial charge in [-0.3, -0.25) is 4.79 Å². The number of nitrogens with one attached hydrogen (secondary N) is 1. The summed E-state index contributed by atoms with van der Waals surface area (Å²) in [5.41, 5.74) is 2.93. The summed E-state index contributed by atoms with van der Waals surface area (Å²) in [6.45, 7) is 2.60. The minimum absolute atomic E-state index is 0.365. The number of esters is 1. The monoisotopic (exact) mass is 388 g/mol. The number of aromatic nitrogens is 1. The lowest BCUT2D eigenvalue weighted by molar-refractivity contribution is -0.142. The molecule has 2 aromatic heterocycles. The number of hydrogen-bond donors (Lipinski definition) is 1. The number of nitrogens with zero attached hydrogens (tertiary/aromatic N) is 1. The van der Waals surface area contributed by atoms with Crippen LogP contribution >= 0.6 is 0 Å². The summed E-state index contributed by atoms with van der Waals surface area (Å²) < 4.78 is 12.3. The van der Waals surface area contributed by atoms with Crippen molar-refractivity contribution in [2.45, 2.75) is 13.5 Å². The third-order valence-electron chi connectivity index (χ3n) is 4.64. The maximum Gasteiger partial charge on any atom is 0.331 e. The topological polar surface area (TPSA) is 73.5 Å². The van der Waals surface area contributed by atoms with Crippen LogP contribution in [-0.2, 0) is 20.9 Å². The van der Waals surface area contributed by atoms with Crippen LogP contribution in [0.4, 0.5) is 5.69 Å². The summed E-state index contributed by atoms with van der Waals surface area (Å²) in [6, 6.07) is 17.4. The van der Waals surface area contributed by atoms with Gasteiger partial charge in [0.15, 0.2) is 6.61 Å². The lowest BCUT2D eigenvalue weighted by Gasteiger charge is -2.07. The van der Waals surface area contributed by atoms with Crippen molar-refractivity contribution in [3.05, 3.63) is 72.7 Å². The van der Waals surface area contributed by atoms with Gasteiger partial charge in [-0.2, -0.15) is 0 Å². The summed E-state index contributed by atoms with van der Waals surface area (Å²) in [6.07, 6.45) is 4.21. The van der Waals surface area contributed by atoms with Crippen molar-refractivity contribution in [2.75, 3.05) is 11.9 Å². The third-order valence-corrected chi connectivity index (χ3v) is 4.64. The Hall–Kier alpha value is -3.80. The van der Waals surface area contributed by atoms with Gasteiger partial charge in [-0.25, -0.2) is 4.79 Å². The van der Waals surface area contributed by atoms with Gasteiger partial charge in [-0.1, -0.05) is 18.2 Å². The van der Waals surface area contributed by atoms with E-state index in [1.165, 1.54) is 18.4 Å². The first kappa shape index (κ1) is 18.6. The number of anilines is 1. The van der Waals surface area contributed by atoms with Crippen molar-refractivity contribution in [1.82, 2.24) is 4.57 Å². The number of furan rings is 1. The smallest absolute Gasteiger partial charge is 0.331 e. The number of rotatable bonds is 6. The summed E-state index contributed by atoms with van der Waals surface area (Å²) in [5, 5.41) is 4.99. The summed E-state index contributed by atoms with van der Waals surface area (Å²) in [4.78, 5) is 23.9. The Balaban J connectivity index is 1.44. The molecule has 0 spiro atoms. The zero-order chi connectivity index (χ0) is 20.2. The van der Waals surface area contributed by atoms with Crippen LogP contribution in [0.3, 0.4) is 0 Å². The fraction of sp³-hybridized carbons (Fsp3) is 0.130. The third kappa shape index (κ3) is 3.91. The highest BCUT2D eigenvalue weighted by Crippen LogP contribution is 2.30. The summed E-state index contributed by atoms with van der Waals surface area (Å²) >= 11 is 0. The Morgan fingerprint density at radius 1 is 1.07 bits per heavy atom. The van der Waals surface area contributed by atoms with Crippen LogP contribution in [0.1, 0.15) is 12.7 Å². The van der Waals surface area contributed by atoms with Gasteiger partial charge in [0.25, 0.3) is 5.91 Å². The van der Waals surface area contributed by atoms with Crippen LogP contribution in [-0.4, -0.2) is 23.1 Å². The molecule has 1 N–H and O–H groups in total. The second kappa shape index (κ2) is 8.06. The van der Waals surface area contributed by atoms with Crippen molar-refractivity contribution in [3.8, 4) is 0 Å². The Bertz CT molecular complexity index is 1200. The molecule has 0 aliphatic carbocycles. The average molecular weight is 388 g/mol. The van der Waals surface area contributed by atoms with Gasteiger partial charge in [-0.15, -0.1) is 0 Å². The van der Waals surface area contributed by atoms with Gasteiger partial charge in [0.2, 0.25) is 0 Å². The number of carbonyl (C=O) groups is 2. The SMILES string of the molecule is CCn1c2ccccc2c2cc(NC(=O)COC(=O)C=Cc3ccco3)ccc21. The quantitative estimate of drug-likeness (QED) is 0.387. The molecule has 0 aliphatic rings. The number of benzene rings is 2. The van der Waals surface area contributed by atoms with Gasteiger partial charge in [0.05, 0.1) is 6.26 Å². The largest absolute Gasteiger partial charge is 0.465 e. The van der Waals surface area contributed by atoms with E-state index in [-0.39, 0.29) is 6.61 Å². The number of aryl methyl sites for hydroxylation is 1. The number of hydrogen-bond acceptors (Lipinski definition) is 4. The van der Waals surface area contributed by atoms with Crippen molar-refractivity contribution in [3.63, 3.8) is 0 Å². The zero-order valence-electron chi connectivity index (χ0n) is 15.9. The minimum Gasteiger partial charge on any atom is -0.465 e. The molecule has 0 radical (unpaired) electrons. The number of ether oxygens (including phenoxy) is 1. The minimum atomic E-state index is -0.613. The second-order valence-electron chi connectivity index (χ2n) is 6.50. The first-order valence-corrected chi connectivity index (χ1v) is 9.35. The van der Waals surface area contributed by atoms with Crippen molar-refractivity contribution >= 4 is 45.4 Å². The molecule has 6 heteroatoms. The average Bonchev–Trinajstić information content (AvgIpc) is 3.36. The van der Waals surface area contributed by atoms with Gasteiger partial charge < -0.3 is 19.0 Å². The van der Waals surface area contributed by atoms with Crippen LogP contribution in [0.5, 0.6) is 0 Å². The van der Waals surface area contributed by atoms with E-state index >= 15 is 0 Å². The molecule has 0 atom stereocenters. The second-order valence-corrected chi connectivity index (χ2v) is 6.50. The Morgan fingerprint density at radius 3 is 2.69 bits per heavy atom. The van der Waals surface area contributed by atoms with E-state index in [0.717, 1.165) is 28.4 Å². The first-order valence-electron chi connectivity index (χ1n) is 9.35. The summed E-state index contributed by atoms with van der Waals surface area (Å²) in [7, 11) is 0. The Kier molecular flexibility index (Phi) is 5.16. The maximum absolute atomic E-state index is 12.2. The van der Waals surface area contributed by atoms with Gasteiger partial charge >= 0.3 is 5.97 Å². The molecule has 2 heterocycles. The van der Waals surface area contributed by atoms with Crippen molar-refractivity contribution in [2.24, 2.45) is 0 Å². The standard InChI is InChI=1S/C23H20N2O4/c1-2-25-20-8-4-3-7-18(20)19-14-16(9-11-21(19)25)24-22(26)15-29-23(27)12-10-17-6-5-13-28-17/h3-14H,2,15H2,1H3,(H,24,26). The molecular weight excluding hydrogens is 368 g/mol. The van der Waals surface area contributed by atoms with E-state index in [1.54, 1.807) is 12.1 Å². The molecule has 29 heavy (non-hydrogen) atoms. The molecule has 0 fully saturated rings.